The summed E-state index contributed by atoms with van der Waals surface area (Å²) in [6, 6.07) is 0. The summed E-state index contributed by atoms with van der Waals surface area (Å²) in [7, 11) is 0. The fourth-order valence-electron chi connectivity index (χ4n) is 2.69. The molecule has 0 saturated heterocycles. The summed E-state index contributed by atoms with van der Waals surface area (Å²) in [5.41, 5.74) is 0. The fraction of sp³-hybridized carbons (Fsp3) is 0.714. The van der Waals surface area contributed by atoms with Gasteiger partial charge >= 0.3 is 0 Å². The quantitative estimate of drug-likeness (QED) is 0.830. The Balaban J connectivity index is 1.58. The minimum atomic E-state index is 0.0564. The molecule has 0 bridgehead atoms. The van der Waals surface area contributed by atoms with Gasteiger partial charge in [-0.1, -0.05) is 47.7 Å². The van der Waals surface area contributed by atoms with Crippen LogP contribution in [-0.2, 0) is 9.59 Å². The lowest BCUT2D eigenvalue weighted by atomic mass is 9.99. The van der Waals surface area contributed by atoms with Crippen molar-refractivity contribution in [1.29, 1.82) is 0 Å². The van der Waals surface area contributed by atoms with E-state index in [2.05, 4.69) is 10.2 Å². The van der Waals surface area contributed by atoms with Crippen LogP contribution in [0.1, 0.15) is 51.4 Å². The average Bonchev–Trinajstić information content (AvgIpc) is 2.91. The summed E-state index contributed by atoms with van der Waals surface area (Å²) < 4.78 is 1.72. The van der Waals surface area contributed by atoms with E-state index in [1.807, 2.05) is 0 Å². The Hall–Kier alpha value is -0.400. The molecule has 3 rings (SSSR count). The zero-order valence-electron chi connectivity index (χ0n) is 11.7. The highest BCUT2D eigenvalue weighted by Crippen LogP contribution is 2.38. The molecule has 7 heteroatoms. The molecule has 2 atom stereocenters. The number of aromatic nitrogens is 2. The summed E-state index contributed by atoms with van der Waals surface area (Å²) >= 11 is 4.63. The predicted molar refractivity (Wildman–Crippen MR) is 86.1 cm³/mol. The zero-order chi connectivity index (χ0) is 14.7. The molecule has 1 aromatic rings. The summed E-state index contributed by atoms with van der Waals surface area (Å²) in [5, 5.41) is 8.48. The van der Waals surface area contributed by atoms with Gasteiger partial charge in [-0.2, -0.15) is 0 Å². The van der Waals surface area contributed by atoms with E-state index in [0.29, 0.717) is 24.4 Å². The first-order valence-corrected chi connectivity index (χ1v) is 10.0. The normalized spacial score (nSPS) is 27.0. The smallest absolute Gasteiger partial charge is 0.175 e. The Bertz CT molecular complexity index is 488. The summed E-state index contributed by atoms with van der Waals surface area (Å²) in [6.07, 6.45) is 7.61. The Kier molecular flexibility index (Phi) is 5.34. The second-order valence-electron chi connectivity index (χ2n) is 5.47. The van der Waals surface area contributed by atoms with Gasteiger partial charge in [0, 0.05) is 12.8 Å². The molecule has 0 unspecified atom stereocenters. The largest absolute Gasteiger partial charge is 0.298 e. The summed E-state index contributed by atoms with van der Waals surface area (Å²) in [6.45, 7) is 0. The molecule has 2 saturated carbocycles. The number of thioether (sulfide) groups is 2. The maximum atomic E-state index is 11.9. The van der Waals surface area contributed by atoms with Crippen molar-refractivity contribution in [3.63, 3.8) is 0 Å². The number of nitrogens with zero attached hydrogens (tertiary/aromatic N) is 2. The van der Waals surface area contributed by atoms with E-state index >= 15 is 0 Å². The van der Waals surface area contributed by atoms with Crippen molar-refractivity contribution in [2.45, 2.75) is 70.5 Å². The van der Waals surface area contributed by atoms with Gasteiger partial charge in [-0.05, 0) is 25.7 Å². The highest BCUT2D eigenvalue weighted by Gasteiger charge is 2.27. The van der Waals surface area contributed by atoms with Gasteiger partial charge in [0.05, 0.1) is 10.5 Å². The van der Waals surface area contributed by atoms with Crippen molar-refractivity contribution >= 4 is 46.4 Å². The molecule has 2 aliphatic carbocycles. The molecule has 0 N–H and O–H groups in total. The molecule has 21 heavy (non-hydrogen) atoms. The fourth-order valence-corrected chi connectivity index (χ4v) is 6.44. The molecule has 0 spiro atoms. The number of carbonyl (C=O) groups is 2. The van der Waals surface area contributed by atoms with Gasteiger partial charge in [0.2, 0.25) is 0 Å². The highest BCUT2D eigenvalue weighted by molar-refractivity contribution is 8.04. The van der Waals surface area contributed by atoms with E-state index in [0.717, 1.165) is 47.2 Å². The standard InChI is InChI=1S/C14H18N2O2S3/c17-9-5-1-3-7-11(9)19-13-15-16-14(21-13)20-12-8-4-2-6-10(12)18/h11-12H,1-8H2/t11-,12-/m0/s1. The molecule has 2 aliphatic rings. The van der Waals surface area contributed by atoms with Crippen LogP contribution >= 0.6 is 34.9 Å². The van der Waals surface area contributed by atoms with E-state index < -0.39 is 0 Å². The predicted octanol–water partition coefficient (Wildman–Crippen LogP) is 3.75. The van der Waals surface area contributed by atoms with E-state index in [1.54, 1.807) is 23.5 Å². The summed E-state index contributed by atoms with van der Waals surface area (Å²) in [4.78, 5) is 23.7. The van der Waals surface area contributed by atoms with Crippen molar-refractivity contribution in [2.24, 2.45) is 0 Å². The molecule has 0 aromatic carbocycles. The topological polar surface area (TPSA) is 59.9 Å². The maximum absolute atomic E-state index is 11.9. The van der Waals surface area contributed by atoms with Gasteiger partial charge in [-0.15, -0.1) is 10.2 Å². The molecular formula is C14H18N2O2S3. The van der Waals surface area contributed by atoms with Crippen LogP contribution in [0.25, 0.3) is 0 Å². The molecule has 0 aliphatic heterocycles. The highest BCUT2D eigenvalue weighted by atomic mass is 32.2. The van der Waals surface area contributed by atoms with Gasteiger partial charge in [0.1, 0.15) is 11.6 Å². The van der Waals surface area contributed by atoms with Gasteiger partial charge in [-0.25, -0.2) is 0 Å². The Morgan fingerprint density at radius 1 is 0.810 bits per heavy atom. The first-order chi connectivity index (χ1) is 10.2. The van der Waals surface area contributed by atoms with Gasteiger partial charge in [0.25, 0.3) is 0 Å². The number of rotatable bonds is 4. The van der Waals surface area contributed by atoms with Gasteiger partial charge in [0.15, 0.2) is 8.68 Å². The van der Waals surface area contributed by atoms with Crippen LogP contribution in [0.15, 0.2) is 8.68 Å². The molecule has 4 nitrogen and oxygen atoms in total. The number of Topliss-reactive ketones (excluding diaryl/α,β-unsaturated/α-hetero) is 2. The number of ketones is 2. The third-order valence-corrected chi connectivity index (χ3v) is 7.59. The van der Waals surface area contributed by atoms with Crippen molar-refractivity contribution in [3.8, 4) is 0 Å². The van der Waals surface area contributed by atoms with Crippen LogP contribution in [0.2, 0.25) is 0 Å². The third-order valence-electron chi connectivity index (χ3n) is 3.87. The van der Waals surface area contributed by atoms with Gasteiger partial charge in [-0.3, -0.25) is 9.59 Å². The van der Waals surface area contributed by atoms with Crippen LogP contribution in [0, 0.1) is 0 Å². The molecule has 1 heterocycles. The molecule has 0 radical (unpaired) electrons. The molecular weight excluding hydrogens is 324 g/mol. The van der Waals surface area contributed by atoms with E-state index in [-0.39, 0.29) is 10.5 Å². The van der Waals surface area contributed by atoms with Crippen LogP contribution in [0.4, 0.5) is 0 Å². The Morgan fingerprint density at radius 2 is 1.29 bits per heavy atom. The van der Waals surface area contributed by atoms with Crippen LogP contribution in [-0.4, -0.2) is 32.3 Å². The third kappa shape index (κ3) is 4.07. The van der Waals surface area contributed by atoms with Crippen LogP contribution in [0.5, 0.6) is 0 Å². The first-order valence-electron chi connectivity index (χ1n) is 7.44. The molecule has 114 valence electrons. The first kappa shape index (κ1) is 15.5. The average molecular weight is 343 g/mol. The van der Waals surface area contributed by atoms with Crippen molar-refractivity contribution in [1.82, 2.24) is 10.2 Å². The zero-order valence-corrected chi connectivity index (χ0v) is 14.2. The maximum Gasteiger partial charge on any atom is 0.175 e. The lowest BCUT2D eigenvalue weighted by Crippen LogP contribution is -2.21. The van der Waals surface area contributed by atoms with Crippen LogP contribution in [0.3, 0.4) is 0 Å². The minimum absolute atomic E-state index is 0.0564. The Labute approximate surface area is 136 Å². The molecule has 2 fully saturated rings. The number of carbonyl (C=O) groups excluding carboxylic acids is 2. The Morgan fingerprint density at radius 3 is 1.71 bits per heavy atom. The summed E-state index contributed by atoms with van der Waals surface area (Å²) in [5.74, 6) is 0.691. The van der Waals surface area contributed by atoms with E-state index in [9.17, 15) is 9.59 Å². The van der Waals surface area contributed by atoms with E-state index in [1.165, 1.54) is 11.3 Å². The lowest BCUT2D eigenvalue weighted by molar-refractivity contribution is -0.120. The van der Waals surface area contributed by atoms with Crippen LogP contribution < -0.4 is 0 Å². The lowest BCUT2D eigenvalue weighted by Gasteiger charge is -2.18. The van der Waals surface area contributed by atoms with E-state index in [4.69, 9.17) is 0 Å². The van der Waals surface area contributed by atoms with Crippen molar-refractivity contribution in [3.05, 3.63) is 0 Å². The second-order valence-corrected chi connectivity index (χ2v) is 9.35. The molecule has 1 aromatic heterocycles. The van der Waals surface area contributed by atoms with Crippen molar-refractivity contribution < 1.29 is 9.59 Å². The van der Waals surface area contributed by atoms with Gasteiger partial charge < -0.3 is 0 Å². The number of hydrogen-bond donors (Lipinski definition) is 0. The second kappa shape index (κ2) is 7.24. The minimum Gasteiger partial charge on any atom is -0.298 e. The molecule has 0 amide bonds. The van der Waals surface area contributed by atoms with Crippen molar-refractivity contribution in [2.75, 3.05) is 0 Å². The number of hydrogen-bond acceptors (Lipinski definition) is 7. The SMILES string of the molecule is O=C1CCCC[C@@H]1Sc1nnc(S[C@H]2CCCCC2=O)s1. The monoisotopic (exact) mass is 342 g/mol.